The van der Waals surface area contributed by atoms with E-state index in [-0.39, 0.29) is 22.3 Å². The van der Waals surface area contributed by atoms with Gasteiger partial charge in [0, 0.05) is 11.9 Å². The number of hydrogen-bond donors (Lipinski definition) is 1. The minimum absolute atomic E-state index is 0.112. The number of aliphatic hydroxyl groups is 1. The molecule has 46 heavy (non-hydrogen) atoms. The van der Waals surface area contributed by atoms with Gasteiger partial charge < -0.3 is 14.6 Å². The lowest BCUT2D eigenvalue weighted by molar-refractivity contribution is -0.132. The van der Waals surface area contributed by atoms with Gasteiger partial charge in [-0.3, -0.25) is 18.9 Å². The van der Waals surface area contributed by atoms with Gasteiger partial charge in [0.25, 0.3) is 5.78 Å². The zero-order chi connectivity index (χ0) is 32.4. The minimum Gasteiger partial charge on any atom is -0.505 e. The van der Waals surface area contributed by atoms with E-state index in [4.69, 9.17) is 9.47 Å². The number of nitrogens with zero attached hydrogens (tertiary/aromatic N) is 5. The fourth-order valence-corrected chi connectivity index (χ4v) is 7.07. The van der Waals surface area contributed by atoms with Crippen LogP contribution in [0.3, 0.4) is 0 Å². The van der Waals surface area contributed by atoms with Crippen LogP contribution in [0.5, 0.6) is 11.5 Å². The van der Waals surface area contributed by atoms with E-state index in [1.807, 2.05) is 19.9 Å². The van der Waals surface area contributed by atoms with Crippen molar-refractivity contribution in [2.45, 2.75) is 43.3 Å². The van der Waals surface area contributed by atoms with E-state index in [0.29, 0.717) is 57.4 Å². The van der Waals surface area contributed by atoms with Gasteiger partial charge >= 0.3 is 5.91 Å². The molecule has 0 spiro atoms. The molecular weight excluding hydrogens is 630 g/mol. The number of carbonyl (C=O) groups is 2. The largest absolute Gasteiger partial charge is 0.505 e. The maximum Gasteiger partial charge on any atom is 0.301 e. The van der Waals surface area contributed by atoms with Crippen LogP contribution in [0.1, 0.15) is 48.8 Å². The highest BCUT2D eigenvalue weighted by molar-refractivity contribution is 8.00. The molecule has 1 saturated heterocycles. The molecule has 1 amide bonds. The summed E-state index contributed by atoms with van der Waals surface area (Å²) >= 11 is 2.52. The molecule has 0 radical (unpaired) electrons. The molecule has 1 atom stereocenters. The number of amides is 1. The van der Waals surface area contributed by atoms with Crippen molar-refractivity contribution in [3.8, 4) is 11.5 Å². The number of anilines is 1. The molecule has 1 unspecified atom stereocenters. The number of aromatic nitrogens is 4. The monoisotopic (exact) mass is 659 g/mol. The molecule has 2 aromatic carbocycles. The Hall–Kier alpha value is -4.75. The fraction of sp³-hybridized carbons (Fsp3) is 0.242. The lowest BCUT2D eigenvalue weighted by atomic mass is 9.96. The van der Waals surface area contributed by atoms with Gasteiger partial charge in [0.1, 0.15) is 17.2 Å². The summed E-state index contributed by atoms with van der Waals surface area (Å²) in [6, 6.07) is 15.7. The van der Waals surface area contributed by atoms with Crippen LogP contribution < -0.4 is 14.4 Å². The van der Waals surface area contributed by atoms with Gasteiger partial charge in [-0.25, -0.2) is 9.37 Å². The number of aliphatic hydroxyl groups excluding tert-OH is 1. The Morgan fingerprint density at radius 1 is 1.04 bits per heavy atom. The Morgan fingerprint density at radius 3 is 2.61 bits per heavy atom. The van der Waals surface area contributed by atoms with Gasteiger partial charge in [-0.05, 0) is 67.8 Å². The van der Waals surface area contributed by atoms with E-state index in [0.717, 1.165) is 23.3 Å². The topological polar surface area (TPSA) is 119 Å². The second-order valence-electron chi connectivity index (χ2n) is 10.4. The highest BCUT2D eigenvalue weighted by Gasteiger charge is 2.49. The zero-order valence-corrected chi connectivity index (χ0v) is 26.9. The average Bonchev–Trinajstić information content (AvgIpc) is 3.73. The molecular formula is C33H30FN5O5S2. The first-order chi connectivity index (χ1) is 22.3. The minimum atomic E-state index is -1.06. The number of halogens is 1. The molecule has 0 bridgehead atoms. The van der Waals surface area contributed by atoms with Crippen molar-refractivity contribution < 1.29 is 28.6 Å². The Morgan fingerprint density at radius 2 is 1.85 bits per heavy atom. The van der Waals surface area contributed by atoms with E-state index < -0.39 is 17.7 Å². The number of ketones is 1. The molecule has 1 aliphatic heterocycles. The molecule has 6 rings (SSSR count). The molecule has 3 aromatic heterocycles. The average molecular weight is 660 g/mol. The third kappa shape index (κ3) is 5.95. The highest BCUT2D eigenvalue weighted by Crippen LogP contribution is 2.46. The maximum absolute atomic E-state index is 13.8. The van der Waals surface area contributed by atoms with E-state index in [9.17, 15) is 19.1 Å². The quantitative estimate of drug-likeness (QED) is 0.0541. The number of Topliss-reactive ketones (excluding diaryl/α,β-unsaturated/α-hetero) is 1. The van der Waals surface area contributed by atoms with Gasteiger partial charge in [0.05, 0.1) is 30.5 Å². The van der Waals surface area contributed by atoms with E-state index in [1.165, 1.54) is 28.8 Å². The summed E-state index contributed by atoms with van der Waals surface area (Å²) in [5.41, 5.74) is 2.66. The second-order valence-corrected chi connectivity index (χ2v) is 12.6. The van der Waals surface area contributed by atoms with E-state index in [1.54, 1.807) is 60.0 Å². The van der Waals surface area contributed by atoms with E-state index >= 15 is 0 Å². The van der Waals surface area contributed by atoms with Crippen LogP contribution in [0.25, 0.3) is 11.4 Å². The Kier molecular flexibility index (Phi) is 9.04. The standard InChI is InChI=1S/C33H30FN5O5S2/c1-4-16-44-23-14-11-21(17-24(23)43-5-2)28-26(29(40)27-19(3)35-25-8-6-7-15-38(25)27)30(41)31(42)39(28)32-36-37-33(46-32)45-18-20-9-12-22(34)13-10-20/h6-15,17,28,40H,4-5,16,18H2,1-3H3/b29-26+. The van der Waals surface area contributed by atoms with Gasteiger partial charge in [-0.1, -0.05) is 54.3 Å². The summed E-state index contributed by atoms with van der Waals surface area (Å²) in [5, 5.41) is 20.6. The summed E-state index contributed by atoms with van der Waals surface area (Å²) in [7, 11) is 0. The number of imidazole rings is 1. The molecule has 236 valence electrons. The van der Waals surface area contributed by atoms with Gasteiger partial charge in [-0.15, -0.1) is 10.2 Å². The van der Waals surface area contributed by atoms with Gasteiger partial charge in [-0.2, -0.15) is 0 Å². The molecule has 13 heteroatoms. The van der Waals surface area contributed by atoms with Crippen LogP contribution in [0.4, 0.5) is 9.52 Å². The normalized spacial score (nSPS) is 16.0. The summed E-state index contributed by atoms with van der Waals surface area (Å²) in [4.78, 5) is 33.5. The Bertz CT molecular complexity index is 1960. The molecule has 4 heterocycles. The van der Waals surface area contributed by atoms with Gasteiger partial charge in [0.2, 0.25) is 5.13 Å². The number of rotatable bonds is 11. The van der Waals surface area contributed by atoms with Crippen LogP contribution in [0.2, 0.25) is 0 Å². The van der Waals surface area contributed by atoms with Crippen molar-refractivity contribution in [1.82, 2.24) is 19.6 Å². The lowest BCUT2D eigenvalue weighted by Crippen LogP contribution is -2.29. The number of fused-ring (bicyclic) bond motifs is 1. The number of aryl methyl sites for hydroxylation is 1. The van der Waals surface area contributed by atoms with Crippen molar-refractivity contribution in [3.05, 3.63) is 101 Å². The number of ether oxygens (including phenoxy) is 2. The summed E-state index contributed by atoms with van der Waals surface area (Å²) in [6.45, 7) is 6.42. The fourth-order valence-electron chi connectivity index (χ4n) is 5.25. The molecule has 0 saturated carbocycles. The number of hydrogen-bond acceptors (Lipinski definition) is 10. The van der Waals surface area contributed by atoms with Crippen LogP contribution in [-0.4, -0.2) is 49.6 Å². The van der Waals surface area contributed by atoms with E-state index in [2.05, 4.69) is 15.2 Å². The SMILES string of the molecule is CCCOc1ccc(C2/C(=C(\O)c3c(C)nc4ccccn34)C(=O)C(=O)N2c2nnc(SCc3ccc(F)cc3)s2)cc1OCC. The number of carbonyl (C=O) groups excluding carboxylic acids is 2. The third-order valence-corrected chi connectivity index (χ3v) is 9.42. The van der Waals surface area contributed by atoms with Crippen molar-refractivity contribution >= 4 is 51.3 Å². The first-order valence-corrected chi connectivity index (χ1v) is 16.5. The first kappa shape index (κ1) is 31.2. The van der Waals surface area contributed by atoms with Crippen LogP contribution in [0, 0.1) is 12.7 Å². The molecule has 1 aliphatic rings. The molecule has 10 nitrogen and oxygen atoms in total. The smallest absolute Gasteiger partial charge is 0.301 e. The predicted molar refractivity (Wildman–Crippen MR) is 174 cm³/mol. The van der Waals surface area contributed by atoms with Crippen molar-refractivity contribution in [3.63, 3.8) is 0 Å². The predicted octanol–water partition coefficient (Wildman–Crippen LogP) is 6.74. The first-order valence-electron chi connectivity index (χ1n) is 14.7. The third-order valence-electron chi connectivity index (χ3n) is 7.30. The Balaban J connectivity index is 1.46. The number of thioether (sulfide) groups is 1. The summed E-state index contributed by atoms with van der Waals surface area (Å²) in [5.74, 6) is -0.932. The molecule has 1 N–H and O–H groups in total. The van der Waals surface area contributed by atoms with Crippen molar-refractivity contribution in [2.75, 3.05) is 18.1 Å². The van der Waals surface area contributed by atoms with Crippen LogP contribution >= 0.6 is 23.1 Å². The summed E-state index contributed by atoms with van der Waals surface area (Å²) < 4.78 is 27.4. The molecule has 0 aliphatic carbocycles. The van der Waals surface area contributed by atoms with Crippen molar-refractivity contribution in [2.24, 2.45) is 0 Å². The maximum atomic E-state index is 13.8. The zero-order valence-electron chi connectivity index (χ0n) is 25.3. The lowest BCUT2D eigenvalue weighted by Gasteiger charge is -2.23. The van der Waals surface area contributed by atoms with Crippen LogP contribution in [-0.2, 0) is 15.3 Å². The number of pyridine rings is 1. The number of benzene rings is 2. The second kappa shape index (κ2) is 13.3. The van der Waals surface area contributed by atoms with Gasteiger partial charge in [0.15, 0.2) is 21.6 Å². The Labute approximate surface area is 272 Å². The highest BCUT2D eigenvalue weighted by atomic mass is 32.2. The van der Waals surface area contributed by atoms with Crippen LogP contribution in [0.15, 0.2) is 76.8 Å². The summed E-state index contributed by atoms with van der Waals surface area (Å²) in [6.07, 6.45) is 2.53. The molecule has 5 aromatic rings. The molecule has 1 fully saturated rings. The van der Waals surface area contributed by atoms with Crippen molar-refractivity contribution in [1.29, 1.82) is 0 Å².